The van der Waals surface area contributed by atoms with Gasteiger partial charge in [-0.05, 0) is 50.6 Å². The smallest absolute Gasteiger partial charge is 0.433 e. The van der Waals surface area contributed by atoms with Gasteiger partial charge in [-0.25, -0.2) is 14.5 Å². The van der Waals surface area contributed by atoms with Gasteiger partial charge in [-0.2, -0.15) is 18.3 Å². The van der Waals surface area contributed by atoms with Crippen LogP contribution < -0.4 is 9.47 Å². The molecule has 4 aromatic rings. The van der Waals surface area contributed by atoms with Crippen LogP contribution in [-0.4, -0.2) is 86.4 Å². The molecule has 5 rings (SSSR count). The molecule has 1 aromatic carbocycles. The fraction of sp³-hybridized carbons (Fsp3) is 0.400. The molecule has 0 radical (unpaired) electrons. The quantitative estimate of drug-likeness (QED) is 0.318. The van der Waals surface area contributed by atoms with E-state index in [9.17, 15) is 23.1 Å². The molecule has 0 spiro atoms. The van der Waals surface area contributed by atoms with Gasteiger partial charge in [0.15, 0.2) is 11.3 Å². The molecule has 0 bridgehead atoms. The van der Waals surface area contributed by atoms with Crippen LogP contribution in [0.4, 0.5) is 13.2 Å². The summed E-state index contributed by atoms with van der Waals surface area (Å²) < 4.78 is 54.3. The van der Waals surface area contributed by atoms with Crippen LogP contribution in [0.2, 0.25) is 0 Å². The number of aromatic nitrogens is 4. The lowest BCUT2D eigenvalue weighted by atomic mass is 10.0. The number of methoxy groups -OCH3 is 1. The number of fused-ring (bicyclic) bond motifs is 1. The van der Waals surface area contributed by atoms with Gasteiger partial charge in [0.05, 0.1) is 38.3 Å². The number of aliphatic hydroxyl groups is 1. The lowest BCUT2D eigenvalue weighted by molar-refractivity contribution is -0.143. The molecule has 1 aliphatic rings. The molecular formula is C30H33F3N6O4. The lowest BCUT2D eigenvalue weighted by Crippen LogP contribution is -2.55. The van der Waals surface area contributed by atoms with Crippen LogP contribution in [0.3, 0.4) is 0 Å². The summed E-state index contributed by atoms with van der Waals surface area (Å²) in [6, 6.07) is 9.48. The second-order valence-electron chi connectivity index (χ2n) is 10.4. The second kappa shape index (κ2) is 12.2. The Bertz CT molecular complexity index is 1590. The third kappa shape index (κ3) is 5.87. The summed E-state index contributed by atoms with van der Waals surface area (Å²) in [4.78, 5) is 26.3. The van der Waals surface area contributed by atoms with Crippen LogP contribution in [0.5, 0.6) is 11.6 Å². The Morgan fingerprint density at radius 3 is 2.47 bits per heavy atom. The van der Waals surface area contributed by atoms with Crippen LogP contribution in [0, 0.1) is 6.92 Å². The van der Waals surface area contributed by atoms with Gasteiger partial charge in [0.1, 0.15) is 11.3 Å². The van der Waals surface area contributed by atoms with Gasteiger partial charge in [-0.1, -0.05) is 6.07 Å². The standard InChI is InChI=1S/C30H33F3N6O4/c1-5-43-25-11-8-21(14-34-25)24(17-40)37-12-13-38(18(2)16-37)29(41)23-15-35-39-27(30(31,32)33)19(3)26(36-28(23)39)20-6-9-22(42-4)10-7-20/h6-11,14-15,18,24,40H,5,12-13,16-17H2,1-4H3/t18-,24-/m1/s1. The molecule has 43 heavy (non-hydrogen) atoms. The topological polar surface area (TPSA) is 105 Å². The molecule has 4 heterocycles. The molecule has 0 unspecified atom stereocenters. The highest BCUT2D eigenvalue weighted by Gasteiger charge is 2.39. The SMILES string of the molecule is CCOc1ccc([C@@H](CO)N2CCN(C(=O)c3cnn4c(C(F)(F)F)c(C)c(-c5ccc(OC)cc5)nc34)[C@H](C)C2)cn1. The third-order valence-electron chi connectivity index (χ3n) is 7.72. The number of benzene rings is 1. The Morgan fingerprint density at radius 1 is 1.14 bits per heavy atom. The molecule has 2 atom stereocenters. The fourth-order valence-electron chi connectivity index (χ4n) is 5.57. The molecule has 228 valence electrons. The Morgan fingerprint density at radius 2 is 1.88 bits per heavy atom. The summed E-state index contributed by atoms with van der Waals surface area (Å²) in [5, 5.41) is 14.2. The van der Waals surface area contributed by atoms with Crippen LogP contribution >= 0.6 is 0 Å². The highest BCUT2D eigenvalue weighted by Crippen LogP contribution is 2.37. The van der Waals surface area contributed by atoms with E-state index in [1.165, 1.54) is 14.0 Å². The number of hydrogen-bond donors (Lipinski definition) is 1. The summed E-state index contributed by atoms with van der Waals surface area (Å²) in [5.41, 5.74) is 0.0809. The van der Waals surface area contributed by atoms with E-state index >= 15 is 0 Å². The number of nitrogens with zero attached hydrogens (tertiary/aromatic N) is 6. The number of halogens is 3. The molecule has 0 saturated carbocycles. The fourth-order valence-corrected chi connectivity index (χ4v) is 5.57. The highest BCUT2D eigenvalue weighted by molar-refractivity contribution is 6.00. The summed E-state index contributed by atoms with van der Waals surface area (Å²) in [6.07, 6.45) is -1.93. The first-order valence-corrected chi connectivity index (χ1v) is 13.9. The Labute approximate surface area is 246 Å². The molecule has 10 nitrogen and oxygen atoms in total. The summed E-state index contributed by atoms with van der Waals surface area (Å²) >= 11 is 0. The predicted molar refractivity (Wildman–Crippen MR) is 152 cm³/mol. The zero-order valence-electron chi connectivity index (χ0n) is 24.3. The second-order valence-corrected chi connectivity index (χ2v) is 10.4. The largest absolute Gasteiger partial charge is 0.497 e. The van der Waals surface area contributed by atoms with E-state index in [1.807, 2.05) is 19.9 Å². The lowest BCUT2D eigenvalue weighted by Gasteiger charge is -2.42. The Kier molecular flexibility index (Phi) is 8.56. The zero-order chi connectivity index (χ0) is 30.9. The van der Waals surface area contributed by atoms with E-state index in [2.05, 4.69) is 20.0 Å². The molecule has 1 saturated heterocycles. The number of carbonyl (C=O) groups excluding carboxylic acids is 1. The molecule has 1 fully saturated rings. The monoisotopic (exact) mass is 598 g/mol. The van der Waals surface area contributed by atoms with E-state index in [-0.39, 0.29) is 41.2 Å². The number of ether oxygens (including phenoxy) is 2. The Hall–Kier alpha value is -4.23. The van der Waals surface area contributed by atoms with Crippen molar-refractivity contribution < 1.29 is 32.5 Å². The minimum atomic E-state index is -4.74. The number of piperazine rings is 1. The minimum Gasteiger partial charge on any atom is -0.497 e. The Balaban J connectivity index is 1.44. The summed E-state index contributed by atoms with van der Waals surface area (Å²) in [7, 11) is 1.50. The molecule has 13 heteroatoms. The maximum Gasteiger partial charge on any atom is 0.433 e. The van der Waals surface area contributed by atoms with E-state index in [1.54, 1.807) is 41.4 Å². The van der Waals surface area contributed by atoms with Crippen LogP contribution in [-0.2, 0) is 6.18 Å². The number of amides is 1. The van der Waals surface area contributed by atoms with E-state index < -0.39 is 17.8 Å². The number of alkyl halides is 3. The van der Waals surface area contributed by atoms with Crippen molar-refractivity contribution in [3.63, 3.8) is 0 Å². The van der Waals surface area contributed by atoms with Crippen molar-refractivity contribution in [3.05, 3.63) is 71.2 Å². The van der Waals surface area contributed by atoms with Gasteiger partial charge in [0.2, 0.25) is 5.88 Å². The molecule has 1 N–H and O–H groups in total. The molecular weight excluding hydrogens is 565 g/mol. The molecule has 0 aliphatic carbocycles. The maximum atomic E-state index is 14.3. The average molecular weight is 599 g/mol. The first kappa shape index (κ1) is 30.2. The number of aliphatic hydroxyl groups excluding tert-OH is 1. The molecule has 3 aromatic heterocycles. The van der Waals surface area contributed by atoms with E-state index in [0.717, 1.165) is 11.8 Å². The first-order valence-electron chi connectivity index (χ1n) is 13.9. The van der Waals surface area contributed by atoms with Crippen molar-refractivity contribution in [2.45, 2.75) is 39.0 Å². The summed E-state index contributed by atoms with van der Waals surface area (Å²) in [6.45, 7) is 6.58. The van der Waals surface area contributed by atoms with Gasteiger partial charge in [-0.3, -0.25) is 9.69 Å². The third-order valence-corrected chi connectivity index (χ3v) is 7.72. The molecule has 1 aliphatic heterocycles. The van der Waals surface area contributed by atoms with Gasteiger partial charge in [0, 0.05) is 49.1 Å². The van der Waals surface area contributed by atoms with Crippen LogP contribution in [0.1, 0.15) is 47.1 Å². The normalized spacial score (nSPS) is 16.8. The zero-order valence-corrected chi connectivity index (χ0v) is 24.3. The van der Waals surface area contributed by atoms with E-state index in [4.69, 9.17) is 9.47 Å². The van der Waals surface area contributed by atoms with Crippen molar-refractivity contribution in [1.82, 2.24) is 29.4 Å². The van der Waals surface area contributed by atoms with Crippen molar-refractivity contribution in [2.75, 3.05) is 40.0 Å². The number of carbonyl (C=O) groups is 1. The van der Waals surface area contributed by atoms with Gasteiger partial charge in [-0.15, -0.1) is 0 Å². The van der Waals surface area contributed by atoms with Crippen molar-refractivity contribution in [2.24, 2.45) is 0 Å². The van der Waals surface area contributed by atoms with Crippen LogP contribution in [0.25, 0.3) is 16.9 Å². The summed E-state index contributed by atoms with van der Waals surface area (Å²) in [5.74, 6) is 0.581. The van der Waals surface area contributed by atoms with Crippen molar-refractivity contribution in [1.29, 1.82) is 0 Å². The predicted octanol–water partition coefficient (Wildman–Crippen LogP) is 4.41. The maximum absolute atomic E-state index is 14.3. The van der Waals surface area contributed by atoms with Gasteiger partial charge < -0.3 is 19.5 Å². The van der Waals surface area contributed by atoms with Crippen molar-refractivity contribution in [3.8, 4) is 22.9 Å². The van der Waals surface area contributed by atoms with Gasteiger partial charge in [0.25, 0.3) is 5.91 Å². The van der Waals surface area contributed by atoms with Crippen LogP contribution in [0.15, 0.2) is 48.8 Å². The van der Waals surface area contributed by atoms with E-state index in [0.29, 0.717) is 47.9 Å². The number of hydrogen-bond acceptors (Lipinski definition) is 8. The highest BCUT2D eigenvalue weighted by atomic mass is 19.4. The molecule has 1 amide bonds. The first-order chi connectivity index (χ1) is 20.6. The van der Waals surface area contributed by atoms with Gasteiger partial charge >= 0.3 is 6.18 Å². The number of rotatable bonds is 8. The average Bonchev–Trinajstić information content (AvgIpc) is 3.40. The minimum absolute atomic E-state index is 0.0185. The van der Waals surface area contributed by atoms with Crippen molar-refractivity contribution >= 4 is 11.6 Å². The number of pyridine rings is 1.